The van der Waals surface area contributed by atoms with E-state index in [1.165, 1.54) is 16.7 Å². The molecule has 0 bridgehead atoms. The zero-order valence-corrected chi connectivity index (χ0v) is 11.0. The molecule has 1 aromatic carbocycles. The molecule has 3 heteroatoms. The number of hydrogen-bond donors (Lipinski definition) is 1. The zero-order chi connectivity index (χ0) is 12.6. The van der Waals surface area contributed by atoms with Gasteiger partial charge in [-0.05, 0) is 61.2 Å². The Hall–Kier alpha value is -1.25. The molecule has 1 unspecified atom stereocenters. The molecule has 0 saturated carbocycles. The smallest absolute Gasteiger partial charge is 0.193 e. The first kappa shape index (κ1) is 12.2. The highest BCUT2D eigenvalue weighted by Gasteiger charge is 2.17. The summed E-state index contributed by atoms with van der Waals surface area (Å²) in [4.78, 5) is 0. The number of halogens is 1. The van der Waals surface area contributed by atoms with Crippen LogP contribution in [0.4, 0.5) is 0 Å². The van der Waals surface area contributed by atoms with E-state index in [1.54, 1.807) is 6.07 Å². The number of aryl methyl sites for hydroxylation is 3. The Labute approximate surface area is 106 Å². The SMILES string of the molecule is Cc1cc(C)c(C(N)c2ccc(Cl)o2)c(C)c1. The molecule has 2 rings (SSSR count). The molecule has 1 heterocycles. The van der Waals surface area contributed by atoms with Crippen LogP contribution in [0.25, 0.3) is 0 Å². The molecular formula is C14H16ClNO. The van der Waals surface area contributed by atoms with Crippen molar-refractivity contribution in [1.29, 1.82) is 0 Å². The lowest BCUT2D eigenvalue weighted by molar-refractivity contribution is 0.490. The Morgan fingerprint density at radius 2 is 1.71 bits per heavy atom. The molecule has 1 aromatic heterocycles. The summed E-state index contributed by atoms with van der Waals surface area (Å²) in [5.41, 5.74) is 11.0. The highest BCUT2D eigenvalue weighted by atomic mass is 35.5. The zero-order valence-electron chi connectivity index (χ0n) is 10.3. The Bertz CT molecular complexity index is 522. The van der Waals surface area contributed by atoms with Crippen molar-refractivity contribution in [2.75, 3.05) is 0 Å². The summed E-state index contributed by atoms with van der Waals surface area (Å²) < 4.78 is 5.38. The fraction of sp³-hybridized carbons (Fsp3) is 0.286. The van der Waals surface area contributed by atoms with Crippen molar-refractivity contribution in [3.63, 3.8) is 0 Å². The van der Waals surface area contributed by atoms with Crippen LogP contribution in [0.15, 0.2) is 28.7 Å². The van der Waals surface area contributed by atoms with Gasteiger partial charge in [-0.25, -0.2) is 0 Å². The lowest BCUT2D eigenvalue weighted by atomic mass is 9.93. The van der Waals surface area contributed by atoms with E-state index in [0.717, 1.165) is 5.56 Å². The molecule has 2 nitrogen and oxygen atoms in total. The van der Waals surface area contributed by atoms with Crippen molar-refractivity contribution in [1.82, 2.24) is 0 Å². The summed E-state index contributed by atoms with van der Waals surface area (Å²) in [5.74, 6) is 0.699. The van der Waals surface area contributed by atoms with Gasteiger partial charge in [0, 0.05) is 0 Å². The first-order chi connectivity index (χ1) is 7.99. The summed E-state index contributed by atoms with van der Waals surface area (Å²) in [6.07, 6.45) is 0. The highest BCUT2D eigenvalue weighted by Crippen LogP contribution is 2.29. The Morgan fingerprint density at radius 3 is 2.18 bits per heavy atom. The second-order valence-corrected chi connectivity index (χ2v) is 4.80. The van der Waals surface area contributed by atoms with Gasteiger partial charge in [-0.2, -0.15) is 0 Å². The summed E-state index contributed by atoms with van der Waals surface area (Å²) in [5, 5.41) is 0.373. The summed E-state index contributed by atoms with van der Waals surface area (Å²) in [7, 11) is 0. The van der Waals surface area contributed by atoms with Crippen LogP contribution in [-0.2, 0) is 0 Å². The lowest BCUT2D eigenvalue weighted by Gasteiger charge is -2.16. The van der Waals surface area contributed by atoms with Crippen molar-refractivity contribution in [3.8, 4) is 0 Å². The van der Waals surface area contributed by atoms with E-state index in [2.05, 4.69) is 32.9 Å². The monoisotopic (exact) mass is 249 g/mol. The minimum absolute atomic E-state index is 0.261. The van der Waals surface area contributed by atoms with Crippen molar-refractivity contribution < 1.29 is 4.42 Å². The maximum absolute atomic E-state index is 6.23. The van der Waals surface area contributed by atoms with E-state index >= 15 is 0 Å². The number of hydrogen-bond acceptors (Lipinski definition) is 2. The van der Waals surface area contributed by atoms with Gasteiger partial charge < -0.3 is 10.2 Å². The van der Waals surface area contributed by atoms with Gasteiger partial charge in [0.15, 0.2) is 5.22 Å². The third-order valence-electron chi connectivity index (χ3n) is 2.95. The van der Waals surface area contributed by atoms with Gasteiger partial charge in [-0.15, -0.1) is 0 Å². The largest absolute Gasteiger partial charge is 0.448 e. The molecule has 2 aromatic rings. The first-order valence-corrected chi connectivity index (χ1v) is 5.95. The minimum atomic E-state index is -0.261. The maximum Gasteiger partial charge on any atom is 0.193 e. The van der Waals surface area contributed by atoms with Crippen LogP contribution in [0, 0.1) is 20.8 Å². The van der Waals surface area contributed by atoms with Gasteiger partial charge in [0.2, 0.25) is 0 Å². The van der Waals surface area contributed by atoms with E-state index in [4.69, 9.17) is 21.8 Å². The Kier molecular flexibility index (Phi) is 3.27. The van der Waals surface area contributed by atoms with E-state index in [1.807, 2.05) is 6.07 Å². The summed E-state index contributed by atoms with van der Waals surface area (Å²) in [6, 6.07) is 7.55. The molecular weight excluding hydrogens is 234 g/mol. The molecule has 0 aliphatic heterocycles. The summed E-state index contributed by atoms with van der Waals surface area (Å²) in [6.45, 7) is 6.22. The van der Waals surface area contributed by atoms with Crippen LogP contribution in [-0.4, -0.2) is 0 Å². The van der Waals surface area contributed by atoms with E-state index in [0.29, 0.717) is 11.0 Å². The second-order valence-electron chi connectivity index (χ2n) is 4.43. The third kappa shape index (κ3) is 2.38. The van der Waals surface area contributed by atoms with Gasteiger partial charge in [0.05, 0.1) is 6.04 Å². The van der Waals surface area contributed by atoms with Crippen molar-refractivity contribution in [2.24, 2.45) is 5.73 Å². The van der Waals surface area contributed by atoms with E-state index < -0.39 is 0 Å². The van der Waals surface area contributed by atoms with Crippen LogP contribution in [0.1, 0.15) is 34.1 Å². The topological polar surface area (TPSA) is 39.2 Å². The second kappa shape index (κ2) is 4.55. The van der Waals surface area contributed by atoms with Gasteiger partial charge >= 0.3 is 0 Å². The van der Waals surface area contributed by atoms with Crippen LogP contribution >= 0.6 is 11.6 Å². The average molecular weight is 250 g/mol. The Balaban J connectivity index is 2.47. The van der Waals surface area contributed by atoms with Crippen LogP contribution in [0.3, 0.4) is 0 Å². The van der Waals surface area contributed by atoms with Crippen LogP contribution in [0.2, 0.25) is 5.22 Å². The normalized spacial score (nSPS) is 12.8. The van der Waals surface area contributed by atoms with E-state index in [-0.39, 0.29) is 6.04 Å². The predicted molar refractivity (Wildman–Crippen MR) is 70.4 cm³/mol. The van der Waals surface area contributed by atoms with Crippen molar-refractivity contribution >= 4 is 11.6 Å². The van der Waals surface area contributed by atoms with Crippen LogP contribution < -0.4 is 5.73 Å². The fourth-order valence-corrected chi connectivity index (χ4v) is 2.47. The van der Waals surface area contributed by atoms with Crippen molar-refractivity contribution in [2.45, 2.75) is 26.8 Å². The molecule has 17 heavy (non-hydrogen) atoms. The average Bonchev–Trinajstić information content (AvgIpc) is 2.63. The molecule has 0 fully saturated rings. The molecule has 0 aliphatic rings. The number of benzene rings is 1. The van der Waals surface area contributed by atoms with Gasteiger partial charge in [0.25, 0.3) is 0 Å². The first-order valence-electron chi connectivity index (χ1n) is 5.57. The molecule has 90 valence electrons. The third-order valence-corrected chi connectivity index (χ3v) is 3.15. The maximum atomic E-state index is 6.23. The number of rotatable bonds is 2. The van der Waals surface area contributed by atoms with Gasteiger partial charge in [-0.3, -0.25) is 0 Å². The number of furan rings is 1. The van der Waals surface area contributed by atoms with Gasteiger partial charge in [-0.1, -0.05) is 17.7 Å². The molecule has 0 aliphatic carbocycles. The minimum Gasteiger partial charge on any atom is -0.448 e. The van der Waals surface area contributed by atoms with E-state index in [9.17, 15) is 0 Å². The standard InChI is InChI=1S/C14H16ClNO/c1-8-6-9(2)13(10(3)7-8)14(16)11-4-5-12(15)17-11/h4-7,14H,16H2,1-3H3. The quantitative estimate of drug-likeness (QED) is 0.877. The Morgan fingerprint density at radius 1 is 1.12 bits per heavy atom. The molecule has 2 N–H and O–H groups in total. The molecule has 0 spiro atoms. The lowest BCUT2D eigenvalue weighted by Crippen LogP contribution is -2.14. The molecule has 0 saturated heterocycles. The van der Waals surface area contributed by atoms with Gasteiger partial charge in [0.1, 0.15) is 5.76 Å². The highest BCUT2D eigenvalue weighted by molar-refractivity contribution is 6.28. The molecule has 0 radical (unpaired) electrons. The molecule has 1 atom stereocenters. The molecule has 0 amide bonds. The number of nitrogens with two attached hydrogens (primary N) is 1. The van der Waals surface area contributed by atoms with Crippen LogP contribution in [0.5, 0.6) is 0 Å². The fourth-order valence-electron chi connectivity index (χ4n) is 2.32. The predicted octanol–water partition coefficient (Wildman–Crippen LogP) is 3.91. The van der Waals surface area contributed by atoms with Crippen molar-refractivity contribution in [3.05, 3.63) is 57.5 Å². The summed E-state index contributed by atoms with van der Waals surface area (Å²) >= 11 is 5.77.